The Kier molecular flexibility index (Phi) is 2.82. The van der Waals surface area contributed by atoms with Crippen LogP contribution in [0.3, 0.4) is 0 Å². The molecule has 0 fully saturated rings. The quantitative estimate of drug-likeness (QED) is 0.650. The number of halogens is 2. The maximum atomic E-state index is 12.5. The van der Waals surface area contributed by atoms with Crippen molar-refractivity contribution in [2.75, 3.05) is 0 Å². The van der Waals surface area contributed by atoms with Gasteiger partial charge in [0.05, 0.1) is 0 Å². The minimum atomic E-state index is -0.387. The van der Waals surface area contributed by atoms with Gasteiger partial charge in [0.15, 0.2) is 0 Å². The molecule has 0 amide bonds. The second-order valence-electron chi connectivity index (χ2n) is 2.59. The molecule has 0 bridgehead atoms. The van der Waals surface area contributed by atoms with Crippen molar-refractivity contribution in [2.24, 2.45) is 0 Å². The van der Waals surface area contributed by atoms with Gasteiger partial charge in [-0.3, -0.25) is 0 Å². The van der Waals surface area contributed by atoms with Crippen molar-refractivity contribution in [3.8, 4) is 0 Å². The van der Waals surface area contributed by atoms with Gasteiger partial charge >= 0.3 is 0 Å². The Hall–Kier alpha value is -0.890. The Morgan fingerprint density at radius 2 is 2.25 bits per heavy atom. The molecule has 1 nitrogen and oxygen atoms in total. The minimum Gasteiger partial charge on any atom is -0.303 e. The lowest BCUT2D eigenvalue weighted by molar-refractivity contribution is -0.108. The van der Waals surface area contributed by atoms with Gasteiger partial charge in [0.25, 0.3) is 0 Å². The summed E-state index contributed by atoms with van der Waals surface area (Å²) in [5.41, 5.74) is 0.660. The largest absolute Gasteiger partial charge is 0.303 e. The average molecular weight is 187 g/mol. The van der Waals surface area contributed by atoms with Gasteiger partial charge in [0.2, 0.25) is 0 Å². The molecule has 1 aromatic rings. The highest BCUT2D eigenvalue weighted by Gasteiger charge is 2.08. The molecule has 3 heteroatoms. The first-order valence-electron chi connectivity index (χ1n) is 3.55. The zero-order valence-electron chi connectivity index (χ0n) is 6.55. The van der Waals surface area contributed by atoms with E-state index < -0.39 is 0 Å². The van der Waals surface area contributed by atoms with E-state index in [1.54, 1.807) is 6.92 Å². The third-order valence-corrected chi connectivity index (χ3v) is 1.98. The summed E-state index contributed by atoms with van der Waals surface area (Å²) in [6.45, 7) is 1.71. The zero-order valence-corrected chi connectivity index (χ0v) is 7.31. The minimum absolute atomic E-state index is 0.280. The highest BCUT2D eigenvalue weighted by molar-refractivity contribution is 6.31. The molecule has 0 heterocycles. The second-order valence-corrected chi connectivity index (χ2v) is 3.00. The van der Waals surface area contributed by atoms with Crippen molar-refractivity contribution in [1.29, 1.82) is 0 Å². The fourth-order valence-corrected chi connectivity index (χ4v) is 1.28. The standard InChI is InChI=1S/C9H8ClFO/c1-6(5-12)8-3-2-7(11)4-9(8)10/h2-6H,1H3. The number of hydrogen-bond donors (Lipinski definition) is 0. The number of rotatable bonds is 2. The zero-order chi connectivity index (χ0) is 9.14. The van der Waals surface area contributed by atoms with Crippen molar-refractivity contribution in [3.05, 3.63) is 34.6 Å². The number of carbonyl (C=O) groups excluding carboxylic acids is 1. The van der Waals surface area contributed by atoms with Gasteiger partial charge < -0.3 is 4.79 Å². The number of hydrogen-bond acceptors (Lipinski definition) is 1. The molecule has 0 aromatic heterocycles. The van der Waals surface area contributed by atoms with Crippen molar-refractivity contribution in [2.45, 2.75) is 12.8 Å². The third-order valence-electron chi connectivity index (χ3n) is 1.66. The molecule has 1 atom stereocenters. The highest BCUT2D eigenvalue weighted by Crippen LogP contribution is 2.23. The Morgan fingerprint density at radius 3 is 2.75 bits per heavy atom. The Morgan fingerprint density at radius 1 is 1.58 bits per heavy atom. The van der Waals surface area contributed by atoms with Gasteiger partial charge in [-0.2, -0.15) is 0 Å². The normalized spacial score (nSPS) is 12.6. The Balaban J connectivity index is 3.09. The summed E-state index contributed by atoms with van der Waals surface area (Å²) < 4.78 is 12.5. The second kappa shape index (κ2) is 3.68. The van der Waals surface area contributed by atoms with Crippen LogP contribution in [-0.4, -0.2) is 6.29 Å². The summed E-state index contributed by atoms with van der Waals surface area (Å²) in [7, 11) is 0. The van der Waals surface area contributed by atoms with Crippen molar-refractivity contribution >= 4 is 17.9 Å². The first-order chi connectivity index (χ1) is 5.65. The van der Waals surface area contributed by atoms with Gasteiger partial charge in [-0.1, -0.05) is 24.6 Å². The smallest absolute Gasteiger partial charge is 0.127 e. The molecular formula is C9H8ClFO. The van der Waals surface area contributed by atoms with E-state index in [0.29, 0.717) is 10.6 Å². The van der Waals surface area contributed by atoms with E-state index in [1.165, 1.54) is 18.2 Å². The monoisotopic (exact) mass is 186 g/mol. The van der Waals surface area contributed by atoms with E-state index in [9.17, 15) is 9.18 Å². The molecule has 0 radical (unpaired) electrons. The van der Waals surface area contributed by atoms with Gasteiger partial charge in [-0.15, -0.1) is 0 Å². The lowest BCUT2D eigenvalue weighted by Crippen LogP contribution is -1.95. The van der Waals surface area contributed by atoms with Crippen LogP contribution in [0.25, 0.3) is 0 Å². The summed E-state index contributed by atoms with van der Waals surface area (Å²) in [6, 6.07) is 4.02. The molecule has 0 saturated carbocycles. The third kappa shape index (κ3) is 1.83. The van der Waals surface area contributed by atoms with Crippen molar-refractivity contribution in [1.82, 2.24) is 0 Å². The van der Waals surface area contributed by atoms with Crippen LogP contribution in [0.1, 0.15) is 18.4 Å². The molecule has 0 saturated heterocycles. The Bertz CT molecular complexity index is 299. The molecule has 1 rings (SSSR count). The molecule has 64 valence electrons. The molecule has 12 heavy (non-hydrogen) atoms. The topological polar surface area (TPSA) is 17.1 Å². The van der Waals surface area contributed by atoms with Crippen molar-refractivity contribution < 1.29 is 9.18 Å². The van der Waals surface area contributed by atoms with Crippen LogP contribution in [0.2, 0.25) is 5.02 Å². The van der Waals surface area contributed by atoms with E-state index in [1.807, 2.05) is 0 Å². The molecule has 0 aliphatic heterocycles. The highest BCUT2D eigenvalue weighted by atomic mass is 35.5. The van der Waals surface area contributed by atoms with Crippen LogP contribution < -0.4 is 0 Å². The first kappa shape index (κ1) is 9.20. The van der Waals surface area contributed by atoms with Crippen LogP contribution >= 0.6 is 11.6 Å². The molecule has 0 spiro atoms. The van der Waals surface area contributed by atoms with Gasteiger partial charge in [0, 0.05) is 10.9 Å². The molecule has 0 aliphatic rings. The van der Waals surface area contributed by atoms with E-state index in [2.05, 4.69) is 0 Å². The predicted molar refractivity (Wildman–Crippen MR) is 45.9 cm³/mol. The SMILES string of the molecule is CC(C=O)c1ccc(F)cc1Cl. The van der Waals surface area contributed by atoms with Crippen molar-refractivity contribution in [3.63, 3.8) is 0 Å². The Labute approximate surface area is 75.2 Å². The first-order valence-corrected chi connectivity index (χ1v) is 3.93. The summed E-state index contributed by atoms with van der Waals surface area (Å²) in [5, 5.41) is 0.301. The van der Waals surface area contributed by atoms with E-state index in [4.69, 9.17) is 11.6 Å². The molecule has 0 N–H and O–H groups in total. The van der Waals surface area contributed by atoms with Crippen LogP contribution in [0.15, 0.2) is 18.2 Å². The summed E-state index contributed by atoms with van der Waals surface area (Å²) in [6.07, 6.45) is 0.777. The maximum Gasteiger partial charge on any atom is 0.127 e. The molecular weight excluding hydrogens is 179 g/mol. The fourth-order valence-electron chi connectivity index (χ4n) is 0.944. The number of aldehydes is 1. The van der Waals surface area contributed by atoms with Gasteiger partial charge in [-0.05, 0) is 17.7 Å². The summed E-state index contributed by atoms with van der Waals surface area (Å²) in [4.78, 5) is 10.4. The van der Waals surface area contributed by atoms with E-state index >= 15 is 0 Å². The van der Waals surface area contributed by atoms with Crippen LogP contribution in [0, 0.1) is 5.82 Å². The molecule has 0 aliphatic carbocycles. The average Bonchev–Trinajstić information content (AvgIpc) is 2.03. The summed E-state index contributed by atoms with van der Waals surface area (Å²) in [5.74, 6) is -0.667. The van der Waals surface area contributed by atoms with Crippen LogP contribution in [0.4, 0.5) is 4.39 Å². The van der Waals surface area contributed by atoms with E-state index in [0.717, 1.165) is 6.29 Å². The van der Waals surface area contributed by atoms with Crippen LogP contribution in [0.5, 0.6) is 0 Å². The lowest BCUT2D eigenvalue weighted by atomic mass is 10.0. The number of benzene rings is 1. The van der Waals surface area contributed by atoms with E-state index in [-0.39, 0.29) is 11.7 Å². The van der Waals surface area contributed by atoms with Crippen LogP contribution in [-0.2, 0) is 4.79 Å². The lowest BCUT2D eigenvalue weighted by Gasteiger charge is -2.05. The predicted octanol–water partition coefficient (Wildman–Crippen LogP) is 2.78. The van der Waals surface area contributed by atoms with Gasteiger partial charge in [0.1, 0.15) is 12.1 Å². The summed E-state index contributed by atoms with van der Waals surface area (Å²) >= 11 is 5.70. The molecule has 1 unspecified atom stereocenters. The van der Waals surface area contributed by atoms with Gasteiger partial charge in [-0.25, -0.2) is 4.39 Å². The molecule has 1 aromatic carbocycles. The maximum absolute atomic E-state index is 12.5. The fraction of sp³-hybridized carbons (Fsp3) is 0.222. The number of carbonyl (C=O) groups is 1.